The van der Waals surface area contributed by atoms with Gasteiger partial charge in [0.05, 0.1) is 13.2 Å². The van der Waals surface area contributed by atoms with Crippen molar-refractivity contribution in [2.75, 3.05) is 45.2 Å². The highest BCUT2D eigenvalue weighted by molar-refractivity contribution is 5.73. The number of benzene rings is 2. The Balaban J connectivity index is 1.47. The zero-order valence-corrected chi connectivity index (χ0v) is 17.6. The molecule has 160 valence electrons. The number of aliphatic hydroxyl groups is 1. The van der Waals surface area contributed by atoms with Gasteiger partial charge in [-0.1, -0.05) is 24.3 Å². The number of quaternary nitrogens is 1. The van der Waals surface area contributed by atoms with Crippen molar-refractivity contribution in [2.45, 2.75) is 26.1 Å². The molecule has 2 aromatic carbocycles. The van der Waals surface area contributed by atoms with Gasteiger partial charge in [0.1, 0.15) is 62.2 Å². The minimum atomic E-state index is -0.665. The summed E-state index contributed by atoms with van der Waals surface area (Å²) >= 11 is 0. The number of aryl methyl sites for hydroxylation is 1. The fraction of sp³-hybridized carbons (Fsp3) is 0.435. The summed E-state index contributed by atoms with van der Waals surface area (Å²) in [6, 6.07) is 16.0. The van der Waals surface area contributed by atoms with Crippen molar-refractivity contribution in [1.82, 2.24) is 4.57 Å². The zero-order valence-electron chi connectivity index (χ0n) is 17.6. The number of morpholine rings is 1. The number of aliphatic hydroxyl groups excluding tert-OH is 1. The van der Waals surface area contributed by atoms with Crippen molar-refractivity contribution >= 4 is 17.0 Å². The first-order valence-corrected chi connectivity index (χ1v) is 10.7. The third-order valence-electron chi connectivity index (χ3n) is 5.73. The molecule has 7 nitrogen and oxygen atoms in total. The first kappa shape index (κ1) is 20.7. The van der Waals surface area contributed by atoms with Crippen LogP contribution in [0.5, 0.6) is 5.75 Å². The van der Waals surface area contributed by atoms with Crippen LogP contribution in [0.3, 0.4) is 0 Å². The summed E-state index contributed by atoms with van der Waals surface area (Å²) in [5.41, 5.74) is 9.80. The summed E-state index contributed by atoms with van der Waals surface area (Å²) in [7, 11) is 0. The second-order valence-corrected chi connectivity index (χ2v) is 8.00. The van der Waals surface area contributed by atoms with Crippen molar-refractivity contribution in [3.8, 4) is 5.75 Å². The molecule has 1 aliphatic heterocycles. The van der Waals surface area contributed by atoms with E-state index in [2.05, 4.69) is 16.7 Å². The zero-order chi connectivity index (χ0) is 20.9. The maximum absolute atomic E-state index is 10.6. The average Bonchev–Trinajstić information content (AvgIpc) is 3.03. The number of hydrogen-bond acceptors (Lipinski definition) is 4. The van der Waals surface area contributed by atoms with E-state index in [1.165, 1.54) is 4.90 Å². The lowest BCUT2D eigenvalue weighted by Gasteiger charge is -2.23. The molecule has 0 amide bonds. The second-order valence-electron chi connectivity index (χ2n) is 8.00. The van der Waals surface area contributed by atoms with Crippen LogP contribution in [0, 0.1) is 6.92 Å². The van der Waals surface area contributed by atoms with Gasteiger partial charge in [-0.15, -0.1) is 0 Å². The fourth-order valence-electron chi connectivity index (χ4n) is 4.08. The predicted octanol–water partition coefficient (Wildman–Crippen LogP) is 0.174. The van der Waals surface area contributed by atoms with Gasteiger partial charge < -0.3 is 19.5 Å². The summed E-state index contributed by atoms with van der Waals surface area (Å²) in [6.45, 7) is 8.18. The van der Waals surface area contributed by atoms with Gasteiger partial charge in [0.2, 0.25) is 0 Å². The molecular formula is C23H32N4O3+2. The van der Waals surface area contributed by atoms with Gasteiger partial charge in [-0.2, -0.15) is 0 Å². The summed E-state index contributed by atoms with van der Waals surface area (Å²) < 4.78 is 15.4. The van der Waals surface area contributed by atoms with Gasteiger partial charge in [0.25, 0.3) is 0 Å². The Morgan fingerprint density at radius 2 is 2.00 bits per heavy atom. The van der Waals surface area contributed by atoms with E-state index < -0.39 is 6.10 Å². The average molecular weight is 413 g/mol. The Hall–Kier alpha value is -2.61. The Morgan fingerprint density at radius 3 is 2.80 bits per heavy atom. The van der Waals surface area contributed by atoms with Crippen LogP contribution in [0.15, 0.2) is 48.5 Å². The maximum Gasteiger partial charge on any atom is 0.356 e. The molecule has 1 atom stereocenters. The summed E-state index contributed by atoms with van der Waals surface area (Å²) in [5.74, 6) is 1.43. The van der Waals surface area contributed by atoms with E-state index in [1.54, 1.807) is 0 Å². The minimum absolute atomic E-state index is 0.216. The highest BCUT2D eigenvalue weighted by atomic mass is 16.5. The molecule has 0 saturated carbocycles. The van der Waals surface area contributed by atoms with Crippen molar-refractivity contribution in [3.05, 3.63) is 54.1 Å². The van der Waals surface area contributed by atoms with Crippen molar-refractivity contribution in [2.24, 2.45) is 0 Å². The molecule has 7 heteroatoms. The largest absolute Gasteiger partial charge is 0.491 e. The second kappa shape index (κ2) is 9.47. The van der Waals surface area contributed by atoms with Crippen LogP contribution in [0.1, 0.15) is 5.56 Å². The summed E-state index contributed by atoms with van der Waals surface area (Å²) in [6.07, 6.45) is -0.665. The predicted molar refractivity (Wildman–Crippen MR) is 116 cm³/mol. The first-order chi connectivity index (χ1) is 14.6. The van der Waals surface area contributed by atoms with E-state index in [0.29, 0.717) is 12.5 Å². The number of rotatable bonds is 8. The number of hydrogen-bond donors (Lipinski definition) is 3. The van der Waals surface area contributed by atoms with Gasteiger partial charge in [-0.05, 0) is 36.8 Å². The monoisotopic (exact) mass is 412 g/mol. The van der Waals surface area contributed by atoms with Crippen LogP contribution in [0.4, 0.5) is 5.95 Å². The number of nitrogens with two attached hydrogens (primary N) is 1. The van der Waals surface area contributed by atoms with Crippen molar-refractivity contribution in [1.29, 1.82) is 0 Å². The van der Waals surface area contributed by atoms with E-state index >= 15 is 0 Å². The maximum atomic E-state index is 10.6. The van der Waals surface area contributed by atoms with Gasteiger partial charge >= 0.3 is 5.95 Å². The number of imidazole rings is 1. The molecule has 4 rings (SSSR count). The summed E-state index contributed by atoms with van der Waals surface area (Å²) in [5, 5.41) is 10.6. The lowest BCUT2D eigenvalue weighted by atomic mass is 10.2. The molecule has 0 spiro atoms. The van der Waals surface area contributed by atoms with Crippen LogP contribution >= 0.6 is 0 Å². The lowest BCUT2D eigenvalue weighted by Crippen LogP contribution is -3.14. The molecule has 1 saturated heterocycles. The smallest absolute Gasteiger partial charge is 0.356 e. The molecule has 1 fully saturated rings. The van der Waals surface area contributed by atoms with E-state index in [4.69, 9.17) is 15.2 Å². The number of aromatic nitrogens is 2. The number of fused-ring (bicyclic) bond motifs is 1. The number of nitrogens with zero attached hydrogens (tertiary/aromatic N) is 2. The number of nitrogens with one attached hydrogen (secondary N) is 1. The Labute approximate surface area is 177 Å². The minimum Gasteiger partial charge on any atom is -0.491 e. The van der Waals surface area contributed by atoms with Crippen LogP contribution in [0.25, 0.3) is 11.0 Å². The molecule has 2 heterocycles. The number of para-hydroxylation sites is 2. The fourth-order valence-corrected chi connectivity index (χ4v) is 4.08. The molecule has 1 unspecified atom stereocenters. The molecular weight excluding hydrogens is 380 g/mol. The van der Waals surface area contributed by atoms with Crippen LogP contribution in [-0.2, 0) is 17.8 Å². The molecule has 0 aliphatic carbocycles. The van der Waals surface area contributed by atoms with Gasteiger partial charge in [0, 0.05) is 0 Å². The SMILES string of the molecule is Cc1cccc(OCC(O)C[n+]2c(N)n(CC[NH+]3CCOCC3)c3ccccc32)c1. The molecule has 30 heavy (non-hydrogen) atoms. The first-order valence-electron chi connectivity index (χ1n) is 10.7. The Kier molecular flexibility index (Phi) is 6.52. The van der Waals surface area contributed by atoms with Crippen LogP contribution in [-0.4, -0.2) is 55.2 Å². The van der Waals surface area contributed by atoms with Crippen LogP contribution in [0.2, 0.25) is 0 Å². The molecule has 0 bridgehead atoms. The quantitative estimate of drug-likeness (QED) is 0.461. The molecule has 4 N–H and O–H groups in total. The van der Waals surface area contributed by atoms with Crippen LogP contribution < -0.4 is 19.9 Å². The van der Waals surface area contributed by atoms with Gasteiger partial charge in [-0.3, -0.25) is 5.73 Å². The van der Waals surface area contributed by atoms with E-state index in [-0.39, 0.29) is 6.61 Å². The standard InChI is InChI=1S/C23H30N4O3/c1-18-5-4-6-20(15-18)30-17-19(28)16-27-22-8-3-2-7-21(22)26(23(27)24)10-9-25-11-13-29-14-12-25/h2-8,15,19,24,28H,9-14,16-17H2,1H3/p+2. The highest BCUT2D eigenvalue weighted by Crippen LogP contribution is 2.16. The normalized spacial score (nSPS) is 16.1. The van der Waals surface area contributed by atoms with Gasteiger partial charge in [0.15, 0.2) is 0 Å². The molecule has 1 aliphatic rings. The van der Waals surface area contributed by atoms with E-state index in [1.807, 2.05) is 47.9 Å². The van der Waals surface area contributed by atoms with Gasteiger partial charge in [-0.25, -0.2) is 9.13 Å². The summed E-state index contributed by atoms with van der Waals surface area (Å²) in [4.78, 5) is 1.54. The Morgan fingerprint density at radius 1 is 1.20 bits per heavy atom. The Bertz CT molecular complexity index is 982. The topological polar surface area (TPSA) is 78.0 Å². The molecule has 3 aromatic rings. The van der Waals surface area contributed by atoms with Crippen molar-refractivity contribution < 1.29 is 24.0 Å². The number of ether oxygens (including phenoxy) is 2. The lowest BCUT2D eigenvalue weighted by molar-refractivity contribution is -0.908. The molecule has 0 radical (unpaired) electrons. The third-order valence-corrected chi connectivity index (χ3v) is 5.73. The van der Waals surface area contributed by atoms with E-state index in [9.17, 15) is 5.11 Å². The number of anilines is 1. The highest BCUT2D eigenvalue weighted by Gasteiger charge is 2.24. The van der Waals surface area contributed by atoms with E-state index in [0.717, 1.165) is 61.7 Å². The van der Waals surface area contributed by atoms with Crippen molar-refractivity contribution in [3.63, 3.8) is 0 Å². The number of nitrogen functional groups attached to an aromatic ring is 1. The third kappa shape index (κ3) is 4.75. The molecule has 1 aromatic heterocycles.